The van der Waals surface area contributed by atoms with Crippen molar-refractivity contribution in [3.05, 3.63) is 66.0 Å². The van der Waals surface area contributed by atoms with Gasteiger partial charge in [0.25, 0.3) is 5.91 Å². The van der Waals surface area contributed by atoms with Crippen LogP contribution in [0.5, 0.6) is 0 Å². The molecule has 0 radical (unpaired) electrons. The average Bonchev–Trinajstić information content (AvgIpc) is 2.49. The normalized spacial score (nSPS) is 10.9. The lowest BCUT2D eigenvalue weighted by Crippen LogP contribution is -2.24. The molecule has 20 heavy (non-hydrogen) atoms. The van der Waals surface area contributed by atoms with Crippen molar-refractivity contribution in [2.45, 2.75) is 0 Å². The summed E-state index contributed by atoms with van der Waals surface area (Å²) in [6.07, 6.45) is 2.93. The van der Waals surface area contributed by atoms with Crippen LogP contribution in [0.25, 0.3) is 0 Å². The molecule has 0 bridgehead atoms. The zero-order valence-corrected chi connectivity index (χ0v) is 10.4. The lowest BCUT2D eigenvalue weighted by molar-refractivity contribution is -0.129. The van der Waals surface area contributed by atoms with Crippen LogP contribution >= 0.6 is 0 Å². The summed E-state index contributed by atoms with van der Waals surface area (Å²) in [6, 6.07) is 11.4. The van der Waals surface area contributed by atoms with Gasteiger partial charge >= 0.3 is 5.97 Å². The Labute approximate surface area is 114 Å². The number of aliphatic carboxylic acids is 1. The summed E-state index contributed by atoms with van der Waals surface area (Å²) >= 11 is 0. The highest BCUT2D eigenvalue weighted by Crippen LogP contribution is 2.02. The number of benzene rings is 1. The second-order valence-electron chi connectivity index (χ2n) is 3.81. The van der Waals surface area contributed by atoms with E-state index in [0.29, 0.717) is 11.1 Å². The van der Waals surface area contributed by atoms with Gasteiger partial charge in [-0.2, -0.15) is 5.10 Å². The number of nitrogens with one attached hydrogen (secondary N) is 1. The number of hydrogen-bond acceptors (Lipinski definition) is 4. The van der Waals surface area contributed by atoms with Gasteiger partial charge in [-0.3, -0.25) is 9.78 Å². The predicted molar refractivity (Wildman–Crippen MR) is 72.3 cm³/mol. The van der Waals surface area contributed by atoms with E-state index in [9.17, 15) is 9.59 Å². The molecule has 6 nitrogen and oxygen atoms in total. The molecule has 2 aromatic rings. The molecule has 0 atom stereocenters. The Morgan fingerprint density at radius 3 is 2.25 bits per heavy atom. The van der Waals surface area contributed by atoms with Crippen LogP contribution in [0.15, 0.2) is 60.0 Å². The van der Waals surface area contributed by atoms with Gasteiger partial charge in [0, 0.05) is 23.5 Å². The lowest BCUT2D eigenvalue weighted by Gasteiger charge is -2.03. The van der Waals surface area contributed by atoms with Gasteiger partial charge in [-0.25, -0.2) is 10.2 Å². The Balaban J connectivity index is 2.19. The summed E-state index contributed by atoms with van der Waals surface area (Å²) in [5.41, 5.74) is 2.75. The van der Waals surface area contributed by atoms with Gasteiger partial charge in [0.1, 0.15) is 0 Å². The van der Waals surface area contributed by atoms with Crippen LogP contribution < -0.4 is 5.43 Å². The zero-order chi connectivity index (χ0) is 14.4. The zero-order valence-electron chi connectivity index (χ0n) is 10.4. The van der Waals surface area contributed by atoms with Crippen LogP contribution in [-0.4, -0.2) is 27.7 Å². The van der Waals surface area contributed by atoms with Crippen molar-refractivity contribution >= 4 is 17.6 Å². The smallest absolute Gasteiger partial charge is 0.356 e. The highest BCUT2D eigenvalue weighted by atomic mass is 16.4. The van der Waals surface area contributed by atoms with Crippen molar-refractivity contribution in [3.63, 3.8) is 0 Å². The van der Waals surface area contributed by atoms with Gasteiger partial charge in [0.15, 0.2) is 5.71 Å². The first-order valence-corrected chi connectivity index (χ1v) is 5.75. The molecule has 0 fully saturated rings. The fourth-order valence-electron chi connectivity index (χ4n) is 1.51. The fraction of sp³-hybridized carbons (Fsp3) is 0. The van der Waals surface area contributed by atoms with Crippen molar-refractivity contribution in [1.82, 2.24) is 10.4 Å². The highest BCUT2D eigenvalue weighted by Gasteiger charge is 2.13. The molecule has 0 saturated carbocycles. The molecule has 1 aromatic carbocycles. The molecular formula is C14H11N3O3. The number of amides is 1. The molecule has 2 rings (SSSR count). The standard InChI is InChI=1S/C14H11N3O3/c18-13(11-6-8-15-9-7-11)17-16-12(14(19)20)10-4-2-1-3-5-10/h1-9H,(H,17,18)(H,19,20). The third-order valence-electron chi connectivity index (χ3n) is 2.46. The van der Waals surface area contributed by atoms with Gasteiger partial charge in [-0.15, -0.1) is 0 Å². The van der Waals surface area contributed by atoms with Crippen LogP contribution in [0.2, 0.25) is 0 Å². The number of hydrogen-bond donors (Lipinski definition) is 2. The van der Waals surface area contributed by atoms with Crippen LogP contribution in [0.3, 0.4) is 0 Å². The van der Waals surface area contributed by atoms with Gasteiger partial charge in [0.2, 0.25) is 0 Å². The number of pyridine rings is 1. The summed E-state index contributed by atoms with van der Waals surface area (Å²) in [4.78, 5) is 26.7. The molecule has 0 aliphatic carbocycles. The molecule has 0 aliphatic rings. The molecule has 0 spiro atoms. The number of nitrogens with zero attached hydrogens (tertiary/aromatic N) is 2. The highest BCUT2D eigenvalue weighted by molar-refractivity contribution is 6.42. The molecule has 0 aliphatic heterocycles. The van der Waals surface area contributed by atoms with E-state index < -0.39 is 11.9 Å². The maximum absolute atomic E-state index is 11.8. The SMILES string of the molecule is O=C(O)C(=NNC(=O)c1ccncc1)c1ccccc1. The van der Waals surface area contributed by atoms with E-state index in [4.69, 9.17) is 5.11 Å². The van der Waals surface area contributed by atoms with Crippen molar-refractivity contribution < 1.29 is 14.7 Å². The van der Waals surface area contributed by atoms with Gasteiger partial charge in [0.05, 0.1) is 0 Å². The number of rotatable bonds is 4. The third kappa shape index (κ3) is 3.26. The lowest BCUT2D eigenvalue weighted by atomic mass is 10.1. The van der Waals surface area contributed by atoms with Crippen LogP contribution in [0, 0.1) is 0 Å². The molecule has 6 heteroatoms. The maximum atomic E-state index is 11.8. The molecule has 1 amide bonds. The number of carbonyl (C=O) groups excluding carboxylic acids is 1. The number of hydrazone groups is 1. The van der Waals surface area contributed by atoms with Gasteiger partial charge < -0.3 is 5.11 Å². The summed E-state index contributed by atoms with van der Waals surface area (Å²) in [5, 5.41) is 12.8. The molecule has 2 N–H and O–H groups in total. The second-order valence-corrected chi connectivity index (χ2v) is 3.81. The molecular weight excluding hydrogens is 258 g/mol. The number of carbonyl (C=O) groups is 2. The Hall–Kier alpha value is -3.02. The largest absolute Gasteiger partial charge is 0.476 e. The molecule has 1 heterocycles. The Morgan fingerprint density at radius 1 is 1.00 bits per heavy atom. The minimum Gasteiger partial charge on any atom is -0.476 e. The number of carboxylic acid groups (broad SMARTS) is 1. The second kappa shape index (κ2) is 6.24. The minimum absolute atomic E-state index is 0.229. The summed E-state index contributed by atoms with van der Waals surface area (Å²) in [6.45, 7) is 0. The van der Waals surface area contributed by atoms with Gasteiger partial charge in [-0.05, 0) is 12.1 Å². The van der Waals surface area contributed by atoms with Crippen molar-refractivity contribution in [2.75, 3.05) is 0 Å². The predicted octanol–water partition coefficient (Wildman–Crippen LogP) is 1.30. The van der Waals surface area contributed by atoms with Crippen LogP contribution in [-0.2, 0) is 4.79 Å². The van der Waals surface area contributed by atoms with E-state index >= 15 is 0 Å². The summed E-state index contributed by atoms with van der Waals surface area (Å²) in [5.74, 6) is -1.71. The molecule has 0 unspecified atom stereocenters. The fourth-order valence-corrected chi connectivity index (χ4v) is 1.51. The van der Waals surface area contributed by atoms with Gasteiger partial charge in [-0.1, -0.05) is 30.3 Å². The molecule has 1 aromatic heterocycles. The topological polar surface area (TPSA) is 91.6 Å². The van der Waals surface area contributed by atoms with Crippen LogP contribution in [0.4, 0.5) is 0 Å². The minimum atomic E-state index is -1.22. The van der Waals surface area contributed by atoms with E-state index in [1.165, 1.54) is 24.5 Å². The van der Waals surface area contributed by atoms with Crippen molar-refractivity contribution in [2.24, 2.45) is 5.10 Å². The van der Waals surface area contributed by atoms with E-state index in [0.717, 1.165) is 0 Å². The first-order valence-electron chi connectivity index (χ1n) is 5.75. The average molecular weight is 269 g/mol. The quantitative estimate of drug-likeness (QED) is 0.646. The van der Waals surface area contributed by atoms with Crippen molar-refractivity contribution in [1.29, 1.82) is 0 Å². The van der Waals surface area contributed by atoms with Crippen LogP contribution in [0.1, 0.15) is 15.9 Å². The Morgan fingerprint density at radius 2 is 1.65 bits per heavy atom. The van der Waals surface area contributed by atoms with E-state index in [1.807, 2.05) is 0 Å². The summed E-state index contributed by atoms with van der Waals surface area (Å²) < 4.78 is 0. The first-order chi connectivity index (χ1) is 9.68. The molecule has 0 saturated heterocycles. The first kappa shape index (κ1) is 13.4. The van der Waals surface area contributed by atoms with E-state index in [-0.39, 0.29) is 5.71 Å². The van der Waals surface area contributed by atoms with E-state index in [2.05, 4.69) is 15.5 Å². The summed E-state index contributed by atoms with van der Waals surface area (Å²) in [7, 11) is 0. The van der Waals surface area contributed by atoms with E-state index in [1.54, 1.807) is 30.3 Å². The Kier molecular flexibility index (Phi) is 4.18. The third-order valence-corrected chi connectivity index (χ3v) is 2.46. The Bertz CT molecular complexity index is 639. The van der Waals surface area contributed by atoms with Crippen molar-refractivity contribution in [3.8, 4) is 0 Å². The number of carboxylic acids is 1. The monoisotopic (exact) mass is 269 g/mol. The maximum Gasteiger partial charge on any atom is 0.356 e. The number of aromatic nitrogens is 1. The molecule has 100 valence electrons.